The Balaban J connectivity index is 1.59. The van der Waals surface area contributed by atoms with Crippen molar-refractivity contribution in [2.24, 2.45) is 0 Å². The molecule has 0 fully saturated rings. The van der Waals surface area contributed by atoms with Crippen molar-refractivity contribution >= 4 is 17.4 Å². The largest absolute Gasteiger partial charge is 0.454 e. The number of urea groups is 1. The van der Waals surface area contributed by atoms with Gasteiger partial charge in [-0.25, -0.2) is 9.78 Å². The van der Waals surface area contributed by atoms with Crippen molar-refractivity contribution < 1.29 is 14.3 Å². The minimum atomic E-state index is -0.101. The molecule has 1 aliphatic rings. The Morgan fingerprint density at radius 3 is 2.96 bits per heavy atom. The summed E-state index contributed by atoms with van der Waals surface area (Å²) >= 11 is 1.58. The average Bonchev–Trinajstić information content (AvgIpc) is 3.18. The number of fused-ring (bicyclic) bond motifs is 1. The lowest BCUT2D eigenvalue weighted by Crippen LogP contribution is -2.39. The third-order valence-electron chi connectivity index (χ3n) is 3.57. The lowest BCUT2D eigenvalue weighted by molar-refractivity contribution is 0.173. The van der Waals surface area contributed by atoms with E-state index in [4.69, 9.17) is 9.47 Å². The summed E-state index contributed by atoms with van der Waals surface area (Å²) in [4.78, 5) is 18.4. The standard InChI is InChI=1S/C16H19N3O3S/c1-3-19(16(20)17-7-13-9-23-11(2)18-13)8-12-4-5-14-15(6-12)22-10-21-14/h4-6,9H,3,7-8,10H2,1-2H3,(H,17,20). The first-order valence-electron chi connectivity index (χ1n) is 7.48. The van der Waals surface area contributed by atoms with Gasteiger partial charge in [0, 0.05) is 18.5 Å². The molecule has 23 heavy (non-hydrogen) atoms. The minimum Gasteiger partial charge on any atom is -0.454 e. The molecule has 3 rings (SSSR count). The molecule has 7 heteroatoms. The Kier molecular flexibility index (Phi) is 4.66. The van der Waals surface area contributed by atoms with Crippen LogP contribution in [0.25, 0.3) is 0 Å². The molecule has 1 aliphatic heterocycles. The van der Waals surface area contributed by atoms with Gasteiger partial charge in [-0.3, -0.25) is 0 Å². The summed E-state index contributed by atoms with van der Waals surface area (Å²) in [7, 11) is 0. The fraction of sp³-hybridized carbons (Fsp3) is 0.375. The zero-order valence-electron chi connectivity index (χ0n) is 13.2. The maximum atomic E-state index is 12.3. The van der Waals surface area contributed by atoms with Crippen LogP contribution in [0, 0.1) is 6.92 Å². The van der Waals surface area contributed by atoms with Crippen molar-refractivity contribution in [3.63, 3.8) is 0 Å². The van der Waals surface area contributed by atoms with Crippen LogP contribution in [0.1, 0.15) is 23.2 Å². The van der Waals surface area contributed by atoms with Gasteiger partial charge >= 0.3 is 6.03 Å². The van der Waals surface area contributed by atoms with Crippen LogP contribution >= 0.6 is 11.3 Å². The van der Waals surface area contributed by atoms with Crippen LogP contribution < -0.4 is 14.8 Å². The summed E-state index contributed by atoms with van der Waals surface area (Å²) in [5.41, 5.74) is 1.90. The zero-order chi connectivity index (χ0) is 16.2. The molecular formula is C16H19N3O3S. The molecule has 0 radical (unpaired) electrons. The van der Waals surface area contributed by atoms with Gasteiger partial charge in [-0.2, -0.15) is 0 Å². The van der Waals surface area contributed by atoms with E-state index in [1.165, 1.54) is 0 Å². The van der Waals surface area contributed by atoms with Crippen LogP contribution in [0.2, 0.25) is 0 Å². The van der Waals surface area contributed by atoms with Gasteiger partial charge in [0.15, 0.2) is 11.5 Å². The Bertz CT molecular complexity index is 702. The van der Waals surface area contributed by atoms with E-state index in [9.17, 15) is 4.79 Å². The van der Waals surface area contributed by atoms with E-state index < -0.39 is 0 Å². The maximum Gasteiger partial charge on any atom is 0.318 e. The predicted molar refractivity (Wildman–Crippen MR) is 87.7 cm³/mol. The van der Waals surface area contributed by atoms with Gasteiger partial charge in [0.25, 0.3) is 0 Å². The van der Waals surface area contributed by atoms with Gasteiger partial charge in [0.1, 0.15) is 0 Å². The van der Waals surface area contributed by atoms with Gasteiger partial charge in [-0.1, -0.05) is 6.07 Å². The van der Waals surface area contributed by atoms with Crippen molar-refractivity contribution in [2.45, 2.75) is 26.9 Å². The van der Waals surface area contributed by atoms with E-state index in [1.807, 2.05) is 37.4 Å². The van der Waals surface area contributed by atoms with Crippen molar-refractivity contribution in [1.29, 1.82) is 0 Å². The molecule has 2 heterocycles. The molecule has 1 aromatic carbocycles. The van der Waals surface area contributed by atoms with E-state index in [2.05, 4.69) is 10.3 Å². The summed E-state index contributed by atoms with van der Waals surface area (Å²) in [5.74, 6) is 1.48. The highest BCUT2D eigenvalue weighted by Crippen LogP contribution is 2.32. The predicted octanol–water partition coefficient (Wildman–Crippen LogP) is 2.91. The van der Waals surface area contributed by atoms with Gasteiger partial charge in [0.05, 0.1) is 17.2 Å². The second-order valence-corrected chi connectivity index (χ2v) is 6.28. The van der Waals surface area contributed by atoms with Crippen LogP contribution in [0.4, 0.5) is 4.79 Å². The normalized spacial score (nSPS) is 12.3. The second-order valence-electron chi connectivity index (χ2n) is 5.22. The monoisotopic (exact) mass is 333 g/mol. The van der Waals surface area contributed by atoms with Crippen molar-refractivity contribution in [1.82, 2.24) is 15.2 Å². The van der Waals surface area contributed by atoms with Crippen LogP contribution in [0.5, 0.6) is 11.5 Å². The number of nitrogens with one attached hydrogen (secondary N) is 1. The first kappa shape index (κ1) is 15.6. The molecule has 2 aromatic rings. The van der Waals surface area contributed by atoms with Gasteiger partial charge in [0.2, 0.25) is 6.79 Å². The number of aryl methyl sites for hydroxylation is 1. The van der Waals surface area contributed by atoms with Crippen molar-refractivity contribution in [3.8, 4) is 11.5 Å². The molecule has 6 nitrogen and oxygen atoms in total. The lowest BCUT2D eigenvalue weighted by Gasteiger charge is -2.21. The van der Waals surface area contributed by atoms with Crippen LogP contribution in [-0.4, -0.2) is 29.3 Å². The molecule has 0 atom stereocenters. The molecule has 0 unspecified atom stereocenters. The maximum absolute atomic E-state index is 12.3. The molecule has 0 aliphatic carbocycles. The Morgan fingerprint density at radius 2 is 2.22 bits per heavy atom. The molecular weight excluding hydrogens is 314 g/mol. The Morgan fingerprint density at radius 1 is 1.39 bits per heavy atom. The Hall–Kier alpha value is -2.28. The first-order valence-corrected chi connectivity index (χ1v) is 8.36. The average molecular weight is 333 g/mol. The van der Waals surface area contributed by atoms with E-state index in [-0.39, 0.29) is 12.8 Å². The number of ether oxygens (including phenoxy) is 2. The molecule has 0 bridgehead atoms. The molecule has 0 saturated heterocycles. The number of benzene rings is 1. The molecule has 0 spiro atoms. The highest BCUT2D eigenvalue weighted by Gasteiger charge is 2.16. The number of aromatic nitrogens is 1. The van der Waals surface area contributed by atoms with Crippen LogP contribution in [0.15, 0.2) is 23.6 Å². The number of nitrogens with zero attached hydrogens (tertiary/aromatic N) is 2. The van der Waals surface area contributed by atoms with Gasteiger partial charge < -0.3 is 19.7 Å². The smallest absolute Gasteiger partial charge is 0.318 e. The SMILES string of the molecule is CCN(Cc1ccc2c(c1)OCO2)C(=O)NCc1csc(C)n1. The molecule has 1 aromatic heterocycles. The number of hydrogen-bond donors (Lipinski definition) is 1. The summed E-state index contributed by atoms with van der Waals surface area (Å²) < 4.78 is 10.7. The number of hydrogen-bond acceptors (Lipinski definition) is 5. The van der Waals surface area contributed by atoms with E-state index in [1.54, 1.807) is 16.2 Å². The summed E-state index contributed by atoms with van der Waals surface area (Å²) in [6.45, 7) is 5.75. The number of carbonyl (C=O) groups is 1. The van der Waals surface area contributed by atoms with Crippen molar-refractivity contribution in [2.75, 3.05) is 13.3 Å². The fourth-order valence-corrected chi connectivity index (χ4v) is 2.97. The molecule has 1 N–H and O–H groups in total. The summed E-state index contributed by atoms with van der Waals surface area (Å²) in [6, 6.07) is 5.65. The highest BCUT2D eigenvalue weighted by molar-refractivity contribution is 7.09. The number of carbonyl (C=O) groups excluding carboxylic acids is 1. The summed E-state index contributed by atoms with van der Waals surface area (Å²) in [5, 5.41) is 5.87. The van der Waals surface area contributed by atoms with E-state index >= 15 is 0 Å². The van der Waals surface area contributed by atoms with Crippen LogP contribution in [0.3, 0.4) is 0 Å². The number of rotatable bonds is 5. The van der Waals surface area contributed by atoms with Gasteiger partial charge in [-0.15, -0.1) is 11.3 Å². The lowest BCUT2D eigenvalue weighted by atomic mass is 10.2. The topological polar surface area (TPSA) is 63.7 Å². The molecule has 0 saturated carbocycles. The molecule has 2 amide bonds. The minimum absolute atomic E-state index is 0.101. The summed E-state index contributed by atoms with van der Waals surface area (Å²) in [6.07, 6.45) is 0. The number of amides is 2. The first-order chi connectivity index (χ1) is 11.2. The third-order valence-corrected chi connectivity index (χ3v) is 4.39. The Labute approximate surface area is 139 Å². The second kappa shape index (κ2) is 6.87. The van der Waals surface area contributed by atoms with E-state index in [0.717, 1.165) is 27.8 Å². The fourth-order valence-electron chi connectivity index (χ4n) is 2.35. The zero-order valence-corrected chi connectivity index (χ0v) is 14.0. The van der Waals surface area contributed by atoms with E-state index in [0.29, 0.717) is 19.6 Å². The van der Waals surface area contributed by atoms with Crippen molar-refractivity contribution in [3.05, 3.63) is 39.8 Å². The highest BCUT2D eigenvalue weighted by atomic mass is 32.1. The van der Waals surface area contributed by atoms with Gasteiger partial charge in [-0.05, 0) is 31.5 Å². The quantitative estimate of drug-likeness (QED) is 0.914. The number of thiazole rings is 1. The van der Waals surface area contributed by atoms with Crippen LogP contribution in [-0.2, 0) is 13.1 Å². The molecule has 122 valence electrons. The third kappa shape index (κ3) is 3.73.